The molecule has 0 unspecified atom stereocenters. The van der Waals surface area contributed by atoms with E-state index in [1.54, 1.807) is 29.1 Å². The summed E-state index contributed by atoms with van der Waals surface area (Å²) in [5.74, 6) is 0.344. The fraction of sp³-hybridized carbons (Fsp3) is 0.0625. The number of hydrogen-bond acceptors (Lipinski definition) is 3. The van der Waals surface area contributed by atoms with Crippen LogP contribution in [0.3, 0.4) is 0 Å². The number of benzene rings is 1. The number of nitrogens with zero attached hydrogens (tertiary/aromatic N) is 2. The predicted octanol–water partition coefficient (Wildman–Crippen LogP) is 3.15. The molecule has 0 radical (unpaired) electrons. The monoisotopic (exact) mass is 298 g/mol. The van der Waals surface area contributed by atoms with Crippen molar-refractivity contribution in [2.75, 3.05) is 0 Å². The number of carbonyl (C=O) groups is 2. The molecule has 0 amide bonds. The van der Waals surface area contributed by atoms with E-state index in [0.29, 0.717) is 23.7 Å². The first-order chi connectivity index (χ1) is 10.2. The smallest absolute Gasteiger partial charge is 0.242 e. The van der Waals surface area contributed by atoms with E-state index < -0.39 is 5.78 Å². The molecule has 0 fully saturated rings. The summed E-state index contributed by atoms with van der Waals surface area (Å²) in [6, 6.07) is 11.0. The molecule has 1 aromatic carbocycles. The molecular weight excluding hydrogens is 288 g/mol. The van der Waals surface area contributed by atoms with Crippen LogP contribution in [-0.2, 0) is 10.7 Å². The molecule has 0 atom stereocenters. The van der Waals surface area contributed by atoms with Crippen molar-refractivity contribution in [3.8, 4) is 5.82 Å². The van der Waals surface area contributed by atoms with Crippen LogP contribution in [0.25, 0.3) is 16.6 Å². The van der Waals surface area contributed by atoms with Gasteiger partial charge in [-0.3, -0.25) is 14.2 Å². The largest absolute Gasteiger partial charge is 0.297 e. The Morgan fingerprint density at radius 2 is 2.10 bits per heavy atom. The molecule has 3 rings (SSSR count). The molecule has 5 heteroatoms. The number of hydrogen-bond donors (Lipinski definition) is 0. The molecule has 0 aliphatic rings. The molecule has 4 nitrogen and oxygen atoms in total. The molecule has 2 heterocycles. The Bertz CT molecular complexity index is 839. The average Bonchev–Trinajstić information content (AvgIpc) is 2.93. The first-order valence-corrected chi connectivity index (χ1v) is 6.89. The first-order valence-electron chi connectivity index (χ1n) is 6.35. The Kier molecular flexibility index (Phi) is 3.54. The van der Waals surface area contributed by atoms with Gasteiger partial charge in [0.25, 0.3) is 0 Å². The van der Waals surface area contributed by atoms with Crippen molar-refractivity contribution in [2.45, 2.75) is 5.88 Å². The van der Waals surface area contributed by atoms with Crippen LogP contribution in [0.15, 0.2) is 48.8 Å². The van der Waals surface area contributed by atoms with Crippen molar-refractivity contribution in [3.63, 3.8) is 0 Å². The molecule has 0 saturated heterocycles. The molecular formula is C16H11ClN2O2. The fourth-order valence-corrected chi connectivity index (χ4v) is 2.49. The third-order valence-corrected chi connectivity index (χ3v) is 3.59. The zero-order valence-corrected chi connectivity index (χ0v) is 11.7. The van der Waals surface area contributed by atoms with E-state index in [0.717, 1.165) is 16.3 Å². The number of halogens is 1. The van der Waals surface area contributed by atoms with E-state index in [4.69, 9.17) is 11.6 Å². The lowest BCUT2D eigenvalue weighted by molar-refractivity contribution is -0.104. The molecule has 2 aromatic heterocycles. The highest BCUT2D eigenvalue weighted by Gasteiger charge is 2.17. The molecule has 0 saturated carbocycles. The molecule has 0 aliphatic heterocycles. The third-order valence-electron chi connectivity index (χ3n) is 3.28. The summed E-state index contributed by atoms with van der Waals surface area (Å²) in [5.41, 5.74) is 1.21. The van der Waals surface area contributed by atoms with Crippen molar-refractivity contribution in [2.24, 2.45) is 0 Å². The zero-order valence-electron chi connectivity index (χ0n) is 11.0. The van der Waals surface area contributed by atoms with Gasteiger partial charge in [0.2, 0.25) is 5.78 Å². The van der Waals surface area contributed by atoms with Crippen molar-refractivity contribution >= 4 is 34.4 Å². The molecule has 0 aliphatic carbocycles. The molecule has 3 aromatic rings. The number of pyridine rings is 1. The maximum atomic E-state index is 12.0. The Balaban J connectivity index is 2.30. The second-order valence-corrected chi connectivity index (χ2v) is 4.84. The highest BCUT2D eigenvalue weighted by Crippen LogP contribution is 2.24. The van der Waals surface area contributed by atoms with Crippen LogP contribution in [0.1, 0.15) is 16.1 Å². The van der Waals surface area contributed by atoms with Gasteiger partial charge in [-0.15, -0.1) is 11.6 Å². The standard InChI is InChI=1S/C16H11ClN2O2/c17-8-11-5-6-18-15(7-11)19-9-12-3-1-2-4-13(12)16(19)14(21)10-20/h1-7,9-10H,8H2. The van der Waals surface area contributed by atoms with Gasteiger partial charge in [-0.1, -0.05) is 24.3 Å². The van der Waals surface area contributed by atoms with Gasteiger partial charge in [-0.2, -0.15) is 0 Å². The normalized spacial score (nSPS) is 10.7. The van der Waals surface area contributed by atoms with Gasteiger partial charge in [0.1, 0.15) is 11.5 Å². The fourth-order valence-electron chi connectivity index (χ4n) is 2.32. The third kappa shape index (κ3) is 2.34. The number of rotatable bonds is 4. The highest BCUT2D eigenvalue weighted by atomic mass is 35.5. The van der Waals surface area contributed by atoms with E-state index in [9.17, 15) is 9.59 Å². The number of aldehydes is 1. The van der Waals surface area contributed by atoms with Crippen LogP contribution in [0.2, 0.25) is 0 Å². The lowest BCUT2D eigenvalue weighted by Crippen LogP contribution is -2.09. The van der Waals surface area contributed by atoms with E-state index in [2.05, 4.69) is 4.98 Å². The lowest BCUT2D eigenvalue weighted by Gasteiger charge is -2.07. The van der Waals surface area contributed by atoms with Crippen LogP contribution in [0.4, 0.5) is 0 Å². The summed E-state index contributed by atoms with van der Waals surface area (Å²) in [4.78, 5) is 27.2. The quantitative estimate of drug-likeness (QED) is 0.322. The Hall–Kier alpha value is -2.46. The van der Waals surface area contributed by atoms with E-state index >= 15 is 0 Å². The van der Waals surface area contributed by atoms with Gasteiger partial charge in [-0.05, 0) is 17.7 Å². The Morgan fingerprint density at radius 1 is 1.29 bits per heavy atom. The molecule has 21 heavy (non-hydrogen) atoms. The predicted molar refractivity (Wildman–Crippen MR) is 81.0 cm³/mol. The minimum atomic E-state index is -0.575. The van der Waals surface area contributed by atoms with Crippen molar-refractivity contribution in [1.29, 1.82) is 0 Å². The maximum Gasteiger partial charge on any atom is 0.242 e. The van der Waals surface area contributed by atoms with Gasteiger partial charge in [-0.25, -0.2) is 4.98 Å². The SMILES string of the molecule is O=CC(=O)c1c2ccccc2cn1-c1cc(CCl)ccn1. The number of Topliss-reactive ketones (excluding diaryl/α,β-unsaturated/α-hetero) is 1. The van der Waals surface area contributed by atoms with Gasteiger partial charge < -0.3 is 0 Å². The first kappa shape index (κ1) is 13.5. The second kappa shape index (κ2) is 5.50. The molecule has 0 N–H and O–H groups in total. The topological polar surface area (TPSA) is 52.0 Å². The zero-order chi connectivity index (χ0) is 14.8. The molecule has 0 bridgehead atoms. The van der Waals surface area contributed by atoms with Crippen LogP contribution < -0.4 is 0 Å². The van der Waals surface area contributed by atoms with E-state index in [1.165, 1.54) is 0 Å². The van der Waals surface area contributed by atoms with E-state index in [1.807, 2.05) is 24.3 Å². The van der Waals surface area contributed by atoms with Crippen LogP contribution in [0, 0.1) is 0 Å². The minimum absolute atomic E-state index is 0.319. The van der Waals surface area contributed by atoms with Gasteiger partial charge in [0, 0.05) is 29.0 Å². The van der Waals surface area contributed by atoms with Crippen LogP contribution >= 0.6 is 11.6 Å². The summed E-state index contributed by atoms with van der Waals surface area (Å²) in [6.45, 7) is 0. The number of aromatic nitrogens is 2. The average molecular weight is 299 g/mol. The lowest BCUT2D eigenvalue weighted by atomic mass is 10.1. The summed E-state index contributed by atoms with van der Waals surface area (Å²) in [5, 5.41) is 1.61. The van der Waals surface area contributed by atoms with E-state index in [-0.39, 0.29) is 0 Å². The minimum Gasteiger partial charge on any atom is -0.297 e. The number of alkyl halides is 1. The molecule has 104 valence electrons. The second-order valence-electron chi connectivity index (χ2n) is 4.57. The number of carbonyl (C=O) groups excluding carboxylic acids is 2. The summed E-state index contributed by atoms with van der Waals surface area (Å²) in [7, 11) is 0. The van der Waals surface area contributed by atoms with Crippen LogP contribution in [-0.4, -0.2) is 21.6 Å². The highest BCUT2D eigenvalue weighted by molar-refractivity contribution is 6.36. The van der Waals surface area contributed by atoms with Crippen molar-refractivity contribution < 1.29 is 9.59 Å². The molecule has 0 spiro atoms. The van der Waals surface area contributed by atoms with Crippen molar-refractivity contribution in [3.05, 3.63) is 60.0 Å². The Labute approximate surface area is 126 Å². The maximum absolute atomic E-state index is 12.0. The van der Waals surface area contributed by atoms with Gasteiger partial charge >= 0.3 is 0 Å². The van der Waals surface area contributed by atoms with Gasteiger partial charge in [0.15, 0.2) is 6.29 Å². The summed E-state index contributed by atoms with van der Waals surface area (Å²) >= 11 is 5.83. The number of fused-ring (bicyclic) bond motifs is 1. The van der Waals surface area contributed by atoms with Crippen molar-refractivity contribution in [1.82, 2.24) is 9.55 Å². The Morgan fingerprint density at radius 3 is 2.86 bits per heavy atom. The summed E-state index contributed by atoms with van der Waals surface area (Å²) < 4.78 is 1.64. The van der Waals surface area contributed by atoms with Crippen LogP contribution in [0.5, 0.6) is 0 Å². The van der Waals surface area contributed by atoms with Gasteiger partial charge in [0.05, 0.1) is 0 Å². The summed E-state index contributed by atoms with van der Waals surface area (Å²) in [6.07, 6.45) is 3.75. The number of ketones is 1.